The van der Waals surface area contributed by atoms with E-state index in [0.717, 1.165) is 54.7 Å². The van der Waals surface area contributed by atoms with E-state index in [-0.39, 0.29) is 56.8 Å². The number of aromatic nitrogens is 7. The first-order valence-corrected chi connectivity index (χ1v) is 23.1. The Morgan fingerprint density at radius 1 is 0.955 bits per heavy atom. The number of halogens is 1. The Bertz CT molecular complexity index is 3260. The van der Waals surface area contributed by atoms with Crippen LogP contribution in [-0.4, -0.2) is 84.8 Å². The molecule has 18 heteroatoms. The molecule has 2 amide bonds. The van der Waals surface area contributed by atoms with Crippen molar-refractivity contribution < 1.29 is 23.5 Å². The number of hydrogen-bond acceptors (Lipinski definition) is 12. The van der Waals surface area contributed by atoms with Crippen LogP contribution in [0.15, 0.2) is 87.5 Å². The van der Waals surface area contributed by atoms with Crippen molar-refractivity contribution in [2.75, 3.05) is 33.4 Å². The van der Waals surface area contributed by atoms with Crippen LogP contribution in [0.3, 0.4) is 0 Å². The molecule has 2 aromatic carbocycles. The van der Waals surface area contributed by atoms with E-state index in [2.05, 4.69) is 39.7 Å². The second-order valence-corrected chi connectivity index (χ2v) is 18.1. The van der Waals surface area contributed by atoms with Gasteiger partial charge in [-0.1, -0.05) is 29.8 Å². The SMILES string of the molecule is COc1cc2c(cc1-c1c(C)coc1C)ncc1c2n(C(C)c2ccccn2)c(=O)n1CC(=O)NCCOCCNC(=O)CC1N=C(c2ccc(Cl)cc2)c2c(sc(C)c2C)-n2c(C)nnc21. The number of aryl methyl sites for hydroxylation is 4. The molecule has 2 N–H and O–H groups in total. The number of fused-ring (bicyclic) bond motifs is 6. The summed E-state index contributed by atoms with van der Waals surface area (Å²) in [6.45, 7) is 12.4. The maximum Gasteiger partial charge on any atom is 0.330 e. The zero-order valence-electron chi connectivity index (χ0n) is 38.1. The molecule has 9 rings (SSSR count). The van der Waals surface area contributed by atoms with Crippen molar-refractivity contribution in [3.8, 4) is 21.9 Å². The van der Waals surface area contributed by atoms with E-state index in [1.165, 1.54) is 4.57 Å². The highest BCUT2D eigenvalue weighted by Crippen LogP contribution is 2.41. The molecule has 2 atom stereocenters. The van der Waals surface area contributed by atoms with E-state index in [1.807, 2.05) is 86.9 Å². The Kier molecular flexibility index (Phi) is 12.6. The predicted octanol–water partition coefficient (Wildman–Crippen LogP) is 7.69. The van der Waals surface area contributed by atoms with Gasteiger partial charge in [-0.2, -0.15) is 0 Å². The summed E-state index contributed by atoms with van der Waals surface area (Å²) in [6, 6.07) is 15.8. The minimum atomic E-state index is -0.603. The van der Waals surface area contributed by atoms with Crippen LogP contribution in [-0.2, 0) is 20.9 Å². The van der Waals surface area contributed by atoms with E-state index >= 15 is 0 Å². The normalized spacial score (nSPS) is 13.9. The smallest absolute Gasteiger partial charge is 0.330 e. The van der Waals surface area contributed by atoms with Gasteiger partial charge in [-0.15, -0.1) is 21.5 Å². The van der Waals surface area contributed by atoms with Gasteiger partial charge in [0.25, 0.3) is 0 Å². The molecule has 8 aromatic rings. The maximum absolute atomic E-state index is 14.4. The van der Waals surface area contributed by atoms with E-state index in [4.69, 9.17) is 35.5 Å². The Labute approximate surface area is 394 Å². The first kappa shape index (κ1) is 45.2. The lowest BCUT2D eigenvalue weighted by atomic mass is 9.99. The number of thiophene rings is 1. The number of rotatable bonds is 15. The number of nitrogens with zero attached hydrogens (tertiary/aromatic N) is 8. The van der Waals surface area contributed by atoms with Crippen LogP contribution in [0.2, 0.25) is 5.02 Å². The molecule has 344 valence electrons. The third kappa shape index (κ3) is 8.54. The Balaban J connectivity index is 0.857. The summed E-state index contributed by atoms with van der Waals surface area (Å²) in [5.74, 6) is 2.03. The largest absolute Gasteiger partial charge is 0.496 e. The van der Waals surface area contributed by atoms with Gasteiger partial charge in [0.05, 0.1) is 73.2 Å². The fraction of sp³-hybridized carbons (Fsp3) is 0.306. The molecule has 0 bridgehead atoms. The molecule has 2 unspecified atom stereocenters. The molecule has 1 aliphatic heterocycles. The number of pyridine rings is 2. The van der Waals surface area contributed by atoms with Crippen molar-refractivity contribution in [3.63, 3.8) is 0 Å². The average molecular weight is 942 g/mol. The van der Waals surface area contributed by atoms with Gasteiger partial charge < -0.3 is 24.5 Å². The molecule has 0 saturated heterocycles. The molecular weight excluding hydrogens is 892 g/mol. The second kappa shape index (κ2) is 18.7. The molecule has 0 fully saturated rings. The highest BCUT2D eigenvalue weighted by molar-refractivity contribution is 7.15. The Morgan fingerprint density at radius 3 is 2.42 bits per heavy atom. The number of amides is 2. The summed E-state index contributed by atoms with van der Waals surface area (Å²) >= 11 is 7.90. The lowest BCUT2D eigenvalue weighted by Gasteiger charge is -2.15. The van der Waals surface area contributed by atoms with Crippen LogP contribution in [0.4, 0.5) is 0 Å². The molecule has 7 heterocycles. The van der Waals surface area contributed by atoms with Crippen molar-refractivity contribution in [2.24, 2.45) is 4.99 Å². The number of carbonyl (C=O) groups is 2. The number of hydrogen-bond donors (Lipinski definition) is 2. The number of benzene rings is 2. The molecule has 0 spiro atoms. The van der Waals surface area contributed by atoms with Crippen molar-refractivity contribution >= 4 is 62.4 Å². The molecule has 6 aromatic heterocycles. The predicted molar refractivity (Wildman–Crippen MR) is 258 cm³/mol. The van der Waals surface area contributed by atoms with Crippen molar-refractivity contribution in [3.05, 3.63) is 139 Å². The molecule has 1 aliphatic rings. The van der Waals surface area contributed by atoms with Crippen LogP contribution in [0, 0.1) is 34.6 Å². The van der Waals surface area contributed by atoms with Crippen LogP contribution in [0.25, 0.3) is 38.1 Å². The summed E-state index contributed by atoms with van der Waals surface area (Å²) in [7, 11) is 1.60. The van der Waals surface area contributed by atoms with Crippen LogP contribution in [0.1, 0.15) is 75.7 Å². The molecule has 16 nitrogen and oxygen atoms in total. The summed E-state index contributed by atoms with van der Waals surface area (Å²) < 4.78 is 22.5. The van der Waals surface area contributed by atoms with Crippen molar-refractivity contribution in [1.82, 2.24) is 44.5 Å². The quantitative estimate of drug-likeness (QED) is 0.0966. The molecule has 67 heavy (non-hydrogen) atoms. The van der Waals surface area contributed by atoms with Gasteiger partial charge >= 0.3 is 5.69 Å². The Morgan fingerprint density at radius 2 is 1.72 bits per heavy atom. The summed E-state index contributed by atoms with van der Waals surface area (Å²) in [5.41, 5.74) is 8.47. The van der Waals surface area contributed by atoms with Crippen molar-refractivity contribution in [1.29, 1.82) is 0 Å². The number of methoxy groups -OCH3 is 1. The first-order valence-electron chi connectivity index (χ1n) is 21.9. The average Bonchev–Trinajstić information content (AvgIpc) is 4.02. The summed E-state index contributed by atoms with van der Waals surface area (Å²) in [4.78, 5) is 57.0. The molecule has 0 radical (unpaired) electrons. The summed E-state index contributed by atoms with van der Waals surface area (Å²) in [5, 5.41) is 17.0. The number of ether oxygens (including phenoxy) is 2. The van der Waals surface area contributed by atoms with Gasteiger partial charge in [0.2, 0.25) is 11.8 Å². The monoisotopic (exact) mass is 940 g/mol. The highest BCUT2D eigenvalue weighted by atomic mass is 35.5. The fourth-order valence-electron chi connectivity index (χ4n) is 8.79. The maximum atomic E-state index is 14.4. The third-order valence-corrected chi connectivity index (χ3v) is 13.7. The lowest BCUT2D eigenvalue weighted by Crippen LogP contribution is -2.35. The van der Waals surface area contributed by atoms with Crippen LogP contribution < -0.4 is 21.1 Å². The van der Waals surface area contributed by atoms with Gasteiger partial charge in [0, 0.05) is 56.8 Å². The zero-order chi connectivity index (χ0) is 47.1. The Hall–Kier alpha value is -6.95. The highest BCUT2D eigenvalue weighted by Gasteiger charge is 2.33. The number of imidazole rings is 1. The minimum absolute atomic E-state index is 0.0409. The number of aliphatic imine (C=N–C) groups is 1. The van der Waals surface area contributed by atoms with Gasteiger partial charge in [-0.3, -0.25) is 38.3 Å². The second-order valence-electron chi connectivity index (χ2n) is 16.5. The van der Waals surface area contributed by atoms with Gasteiger partial charge in [-0.25, -0.2) is 4.79 Å². The first-order chi connectivity index (χ1) is 32.3. The topological polar surface area (TPSA) is 186 Å². The van der Waals surface area contributed by atoms with Gasteiger partial charge in [-0.05, 0) is 89.1 Å². The van der Waals surface area contributed by atoms with Crippen molar-refractivity contribution in [2.45, 2.75) is 66.6 Å². The van der Waals surface area contributed by atoms with Gasteiger partial charge in [0.1, 0.15) is 34.9 Å². The number of nitrogens with one attached hydrogen (secondary N) is 2. The standard InChI is InChI=1S/C49H49ClN10O6S/c1-26-25-66-29(4)43(26)35-20-37-34(21-40(35)64-7)46-39(23-54-37)58(49(63)59(46)28(3)36-10-8-9-15-51-36)24-42(62)53-17-19-65-18-16-52-41(61)22-38-47-57-56-31(6)60(47)48-44(27(2)30(5)67-48)45(55-38)32-11-13-33(50)14-12-32/h8-15,20-21,23,25,28,38H,16-19,22,24H2,1-7H3,(H,52,61)(H,53,62). The molecule has 0 aliphatic carbocycles. The zero-order valence-corrected chi connectivity index (χ0v) is 39.7. The molecular formula is C49H49ClN10O6S. The summed E-state index contributed by atoms with van der Waals surface area (Å²) in [6.07, 6.45) is 5.07. The number of furan rings is 1. The van der Waals surface area contributed by atoms with E-state index in [9.17, 15) is 14.4 Å². The van der Waals surface area contributed by atoms with E-state index in [0.29, 0.717) is 50.1 Å². The minimum Gasteiger partial charge on any atom is -0.496 e. The molecule has 0 saturated carbocycles. The number of carbonyl (C=O) groups excluding carboxylic acids is 2. The fourth-order valence-corrected chi connectivity index (χ4v) is 10.1. The van der Waals surface area contributed by atoms with E-state index < -0.39 is 12.1 Å². The lowest BCUT2D eigenvalue weighted by molar-refractivity contribution is -0.122. The van der Waals surface area contributed by atoms with Crippen LogP contribution in [0.5, 0.6) is 5.75 Å². The third-order valence-electron chi connectivity index (χ3n) is 12.2. The van der Waals surface area contributed by atoms with E-state index in [1.54, 1.807) is 41.7 Å². The van der Waals surface area contributed by atoms with Gasteiger partial charge in [0.15, 0.2) is 5.82 Å². The van der Waals surface area contributed by atoms with Crippen LogP contribution >= 0.6 is 22.9 Å².